The molecule has 21 heavy (non-hydrogen) atoms. The summed E-state index contributed by atoms with van der Waals surface area (Å²) in [4.78, 5) is 17.6. The van der Waals surface area contributed by atoms with E-state index in [1.807, 2.05) is 35.2 Å². The highest BCUT2D eigenvalue weighted by Crippen LogP contribution is 2.25. The molecule has 5 nitrogen and oxygen atoms in total. The van der Waals surface area contributed by atoms with E-state index in [0.29, 0.717) is 19.4 Å². The Bertz CT molecular complexity index is 614. The number of carbonyl (C=O) groups excluding carboxylic acids is 1. The fourth-order valence-electron chi connectivity index (χ4n) is 2.57. The molecule has 1 atom stereocenters. The topological polar surface area (TPSA) is 69.2 Å². The molecule has 1 aromatic carbocycles. The van der Waals surface area contributed by atoms with Gasteiger partial charge in [-0.3, -0.25) is 0 Å². The second-order valence-electron chi connectivity index (χ2n) is 5.26. The predicted octanol–water partition coefficient (Wildman–Crippen LogP) is 1.10. The van der Waals surface area contributed by atoms with E-state index in [-0.39, 0.29) is 0 Å². The lowest BCUT2D eigenvalue weighted by Gasteiger charge is -2.32. The predicted molar refractivity (Wildman–Crippen MR) is 79.1 cm³/mol. The maximum absolute atomic E-state index is 11.0. The summed E-state index contributed by atoms with van der Waals surface area (Å²) in [5.74, 6) is -0.578. The van der Waals surface area contributed by atoms with Crippen molar-refractivity contribution in [2.75, 3.05) is 18.0 Å². The zero-order valence-corrected chi connectivity index (χ0v) is 12.4. The Hall–Kier alpha value is -1.95. The first-order chi connectivity index (χ1) is 10.2. The molecule has 110 valence electrons. The summed E-state index contributed by atoms with van der Waals surface area (Å²) in [6.45, 7) is 1.31. The van der Waals surface area contributed by atoms with Crippen molar-refractivity contribution in [3.63, 3.8) is 0 Å². The van der Waals surface area contributed by atoms with Gasteiger partial charge in [0.25, 0.3) is 0 Å². The van der Waals surface area contributed by atoms with Crippen LogP contribution < -0.4 is 10.0 Å². The van der Waals surface area contributed by atoms with Crippen LogP contribution in [0.25, 0.3) is 0 Å². The zero-order chi connectivity index (χ0) is 14.7. The lowest BCUT2D eigenvalue weighted by Crippen LogP contribution is -2.43. The van der Waals surface area contributed by atoms with Crippen molar-refractivity contribution in [1.29, 1.82) is 0 Å². The molecule has 3 rings (SSSR count). The minimum atomic E-state index is -0.964. The van der Waals surface area contributed by atoms with E-state index >= 15 is 0 Å². The highest BCUT2D eigenvalue weighted by Gasteiger charge is 2.23. The highest BCUT2D eigenvalue weighted by molar-refractivity contribution is 7.09. The van der Waals surface area contributed by atoms with E-state index in [1.165, 1.54) is 17.1 Å². The molecule has 0 unspecified atom stereocenters. The number of anilines is 1. The van der Waals surface area contributed by atoms with Crippen LogP contribution in [0, 0.1) is 5.92 Å². The molecule has 2 aromatic rings. The number of rotatable bonds is 4. The molecule has 0 amide bonds. The Balaban J connectivity index is 1.68. The van der Waals surface area contributed by atoms with Crippen molar-refractivity contribution in [2.45, 2.75) is 19.3 Å². The molecule has 1 aliphatic heterocycles. The third-order valence-electron chi connectivity index (χ3n) is 3.69. The summed E-state index contributed by atoms with van der Waals surface area (Å²) < 4.78 is 4.38. The van der Waals surface area contributed by atoms with E-state index in [4.69, 9.17) is 0 Å². The molecule has 1 fully saturated rings. The van der Waals surface area contributed by atoms with Crippen LogP contribution in [0.5, 0.6) is 0 Å². The van der Waals surface area contributed by atoms with E-state index in [2.05, 4.69) is 9.36 Å². The van der Waals surface area contributed by atoms with Crippen molar-refractivity contribution in [3.05, 3.63) is 41.7 Å². The van der Waals surface area contributed by atoms with Crippen molar-refractivity contribution >= 4 is 22.6 Å². The molecular weight excluding hydrogens is 286 g/mol. The van der Waals surface area contributed by atoms with Crippen LogP contribution in [0.3, 0.4) is 0 Å². The second-order valence-corrected chi connectivity index (χ2v) is 5.99. The second kappa shape index (κ2) is 6.22. The van der Waals surface area contributed by atoms with Gasteiger partial charge in [-0.25, -0.2) is 4.98 Å². The van der Waals surface area contributed by atoms with Gasteiger partial charge < -0.3 is 14.8 Å². The monoisotopic (exact) mass is 302 g/mol. The van der Waals surface area contributed by atoms with Gasteiger partial charge in [0.05, 0.1) is 0 Å². The average Bonchev–Trinajstić information content (AvgIpc) is 2.97. The molecule has 0 aliphatic carbocycles. The maximum Gasteiger partial charge on any atom is 0.205 e. The van der Waals surface area contributed by atoms with Gasteiger partial charge in [-0.15, -0.1) is 0 Å². The first-order valence-corrected chi connectivity index (χ1v) is 7.82. The van der Waals surface area contributed by atoms with Gasteiger partial charge in [0.1, 0.15) is 5.82 Å². The van der Waals surface area contributed by atoms with E-state index in [0.717, 1.165) is 23.9 Å². The summed E-state index contributed by atoms with van der Waals surface area (Å²) in [5.41, 5.74) is 1.17. The first-order valence-electron chi connectivity index (χ1n) is 7.04. The van der Waals surface area contributed by atoms with Gasteiger partial charge in [0.2, 0.25) is 5.13 Å². The van der Waals surface area contributed by atoms with Crippen LogP contribution in [0.4, 0.5) is 5.13 Å². The molecule has 0 bridgehead atoms. The third kappa shape index (κ3) is 3.39. The Morgan fingerprint density at radius 3 is 2.95 bits per heavy atom. The van der Waals surface area contributed by atoms with E-state index in [1.54, 1.807) is 0 Å². The summed E-state index contributed by atoms with van der Waals surface area (Å²) in [7, 11) is 0. The minimum Gasteiger partial charge on any atom is -0.550 e. The number of benzene rings is 1. The number of carboxylic acids is 1. The van der Waals surface area contributed by atoms with Crippen molar-refractivity contribution in [1.82, 2.24) is 9.36 Å². The summed E-state index contributed by atoms with van der Waals surface area (Å²) >= 11 is 1.34. The van der Waals surface area contributed by atoms with Crippen molar-refractivity contribution < 1.29 is 9.90 Å². The number of nitrogens with zero attached hydrogens (tertiary/aromatic N) is 3. The molecule has 0 saturated carbocycles. The van der Waals surface area contributed by atoms with Crippen molar-refractivity contribution in [2.24, 2.45) is 5.92 Å². The normalized spacial score (nSPS) is 18.7. The lowest BCUT2D eigenvalue weighted by atomic mass is 9.99. The quantitative estimate of drug-likeness (QED) is 0.846. The highest BCUT2D eigenvalue weighted by atomic mass is 32.1. The van der Waals surface area contributed by atoms with Gasteiger partial charge in [-0.2, -0.15) is 4.37 Å². The zero-order valence-electron chi connectivity index (χ0n) is 11.6. The molecule has 0 spiro atoms. The van der Waals surface area contributed by atoms with Crippen LogP contribution in [0.1, 0.15) is 24.2 Å². The van der Waals surface area contributed by atoms with Gasteiger partial charge >= 0.3 is 0 Å². The number of aromatic nitrogens is 2. The molecule has 6 heteroatoms. The lowest BCUT2D eigenvalue weighted by molar-refractivity contribution is -0.311. The number of piperidine rings is 1. The molecule has 2 heterocycles. The fraction of sp³-hybridized carbons (Fsp3) is 0.400. The Kier molecular flexibility index (Phi) is 4.15. The average molecular weight is 302 g/mol. The fourth-order valence-corrected chi connectivity index (χ4v) is 3.29. The van der Waals surface area contributed by atoms with Crippen molar-refractivity contribution in [3.8, 4) is 0 Å². The molecule has 0 N–H and O–H groups in total. The number of carbonyl (C=O) groups is 1. The number of aliphatic carboxylic acids is 1. The standard InChI is InChI=1S/C15H17N3O2S/c19-14(20)12-7-4-8-18(10-12)15-16-13(17-21-15)9-11-5-2-1-3-6-11/h1-3,5-6,12H,4,7-10H2,(H,19,20)/p-1/t12-/m0/s1. The number of hydrogen-bond acceptors (Lipinski definition) is 6. The third-order valence-corrected chi connectivity index (χ3v) is 4.50. The maximum atomic E-state index is 11.0. The first kappa shape index (κ1) is 14.0. The summed E-state index contributed by atoms with van der Waals surface area (Å²) in [5, 5.41) is 11.8. The van der Waals surface area contributed by atoms with Crippen LogP contribution >= 0.6 is 11.5 Å². The molecule has 1 saturated heterocycles. The molecular formula is C15H16N3O2S-. The van der Waals surface area contributed by atoms with Crippen LogP contribution in [-0.2, 0) is 11.2 Å². The Morgan fingerprint density at radius 1 is 1.38 bits per heavy atom. The van der Waals surface area contributed by atoms with Crippen LogP contribution in [0.2, 0.25) is 0 Å². The largest absolute Gasteiger partial charge is 0.550 e. The smallest absolute Gasteiger partial charge is 0.205 e. The van der Waals surface area contributed by atoms with Crippen LogP contribution in [0.15, 0.2) is 30.3 Å². The molecule has 1 aromatic heterocycles. The van der Waals surface area contributed by atoms with Gasteiger partial charge in [-0.1, -0.05) is 30.3 Å². The summed E-state index contributed by atoms with van der Waals surface area (Å²) in [6, 6.07) is 10.1. The number of hydrogen-bond donors (Lipinski definition) is 0. The van der Waals surface area contributed by atoms with E-state index < -0.39 is 11.9 Å². The molecule has 0 radical (unpaired) electrons. The van der Waals surface area contributed by atoms with Crippen LogP contribution in [-0.4, -0.2) is 28.4 Å². The molecule has 1 aliphatic rings. The minimum absolute atomic E-state index is 0.403. The van der Waals surface area contributed by atoms with E-state index in [9.17, 15) is 9.90 Å². The summed E-state index contributed by atoms with van der Waals surface area (Å²) in [6.07, 6.45) is 2.25. The SMILES string of the molecule is O=C([O-])[C@H]1CCCN(c2nc(Cc3ccccc3)ns2)C1. The van der Waals surface area contributed by atoms with Gasteiger partial charge in [0.15, 0.2) is 0 Å². The Labute approximate surface area is 127 Å². The van der Waals surface area contributed by atoms with Gasteiger partial charge in [-0.05, 0) is 18.4 Å². The number of carboxylic acid groups (broad SMARTS) is 1. The Morgan fingerprint density at radius 2 is 2.19 bits per heavy atom. The van der Waals surface area contributed by atoms with Gasteiger partial charge in [0, 0.05) is 42.9 Å².